The molecule has 1 aliphatic heterocycles. The molecule has 1 fully saturated rings. The highest BCUT2D eigenvalue weighted by Gasteiger charge is 2.22. The molecule has 1 aromatic carbocycles. The number of piperidine rings is 1. The van der Waals surface area contributed by atoms with Crippen molar-refractivity contribution in [2.75, 3.05) is 13.1 Å². The Bertz CT molecular complexity index is 433. The lowest BCUT2D eigenvalue weighted by Gasteiger charge is -2.34. The number of likely N-dealkylation sites (tertiary alicyclic amines) is 1. The minimum Gasteiger partial charge on any atom is -0.343 e. The standard InChI is InChI=1S/C17H26N2O/c1-4-17(15-7-5-13(2)6-8-15)18-16-9-11-19(12-10-16)14(3)20/h5-8,16-18H,4,9-12H2,1-3H3. The second-order valence-corrected chi connectivity index (χ2v) is 5.82. The summed E-state index contributed by atoms with van der Waals surface area (Å²) >= 11 is 0. The van der Waals surface area contributed by atoms with Crippen LogP contribution in [-0.2, 0) is 4.79 Å². The van der Waals surface area contributed by atoms with Gasteiger partial charge < -0.3 is 10.2 Å². The van der Waals surface area contributed by atoms with E-state index in [4.69, 9.17) is 0 Å². The molecule has 0 bridgehead atoms. The predicted molar refractivity (Wildman–Crippen MR) is 82.6 cm³/mol. The van der Waals surface area contributed by atoms with Gasteiger partial charge in [-0.2, -0.15) is 0 Å². The summed E-state index contributed by atoms with van der Waals surface area (Å²) < 4.78 is 0. The van der Waals surface area contributed by atoms with Crippen molar-refractivity contribution in [1.29, 1.82) is 0 Å². The van der Waals surface area contributed by atoms with Crippen LogP contribution >= 0.6 is 0 Å². The number of hydrogen-bond acceptors (Lipinski definition) is 2. The van der Waals surface area contributed by atoms with Gasteiger partial charge in [-0.3, -0.25) is 4.79 Å². The van der Waals surface area contributed by atoms with Crippen LogP contribution in [-0.4, -0.2) is 29.9 Å². The topological polar surface area (TPSA) is 32.3 Å². The first kappa shape index (κ1) is 15.0. The second kappa shape index (κ2) is 6.89. The largest absolute Gasteiger partial charge is 0.343 e. The average molecular weight is 274 g/mol. The summed E-state index contributed by atoms with van der Waals surface area (Å²) in [6.07, 6.45) is 3.21. The summed E-state index contributed by atoms with van der Waals surface area (Å²) in [5.41, 5.74) is 2.67. The summed E-state index contributed by atoms with van der Waals surface area (Å²) in [6.45, 7) is 7.78. The van der Waals surface area contributed by atoms with E-state index in [1.54, 1.807) is 6.92 Å². The van der Waals surface area contributed by atoms with Crippen LogP contribution in [0.5, 0.6) is 0 Å². The van der Waals surface area contributed by atoms with E-state index in [1.165, 1.54) is 11.1 Å². The summed E-state index contributed by atoms with van der Waals surface area (Å²) in [7, 11) is 0. The smallest absolute Gasteiger partial charge is 0.219 e. The Morgan fingerprint density at radius 2 is 1.90 bits per heavy atom. The molecule has 110 valence electrons. The fourth-order valence-electron chi connectivity index (χ4n) is 2.89. The van der Waals surface area contributed by atoms with E-state index < -0.39 is 0 Å². The van der Waals surface area contributed by atoms with Gasteiger partial charge in [0, 0.05) is 32.1 Å². The minimum absolute atomic E-state index is 0.203. The molecule has 2 rings (SSSR count). The van der Waals surface area contributed by atoms with E-state index in [-0.39, 0.29) is 5.91 Å². The van der Waals surface area contributed by atoms with Crippen LogP contribution in [0.2, 0.25) is 0 Å². The molecular formula is C17H26N2O. The average Bonchev–Trinajstić information content (AvgIpc) is 2.46. The molecule has 1 aromatic rings. The lowest BCUT2D eigenvalue weighted by molar-refractivity contribution is -0.129. The van der Waals surface area contributed by atoms with Crippen molar-refractivity contribution >= 4 is 5.91 Å². The van der Waals surface area contributed by atoms with E-state index in [9.17, 15) is 4.79 Å². The summed E-state index contributed by atoms with van der Waals surface area (Å²) in [4.78, 5) is 13.3. The van der Waals surface area contributed by atoms with Crippen molar-refractivity contribution in [3.05, 3.63) is 35.4 Å². The maximum Gasteiger partial charge on any atom is 0.219 e. The van der Waals surface area contributed by atoms with Crippen LogP contribution < -0.4 is 5.32 Å². The molecular weight excluding hydrogens is 248 g/mol. The highest BCUT2D eigenvalue weighted by Crippen LogP contribution is 2.21. The predicted octanol–water partition coefficient (Wildman–Crippen LogP) is 3.05. The molecule has 0 aromatic heterocycles. The summed E-state index contributed by atoms with van der Waals surface area (Å²) in [6, 6.07) is 9.75. The molecule has 0 saturated carbocycles. The van der Waals surface area contributed by atoms with Gasteiger partial charge in [0.15, 0.2) is 0 Å². The third-order valence-corrected chi connectivity index (χ3v) is 4.27. The molecule has 1 unspecified atom stereocenters. The Labute approximate surface area is 122 Å². The highest BCUT2D eigenvalue weighted by molar-refractivity contribution is 5.73. The lowest BCUT2D eigenvalue weighted by atomic mass is 9.98. The number of nitrogens with zero attached hydrogens (tertiary/aromatic N) is 1. The maximum absolute atomic E-state index is 11.3. The van der Waals surface area contributed by atoms with Crippen LogP contribution in [0.4, 0.5) is 0 Å². The molecule has 0 spiro atoms. The van der Waals surface area contributed by atoms with Crippen LogP contribution in [0.15, 0.2) is 24.3 Å². The zero-order chi connectivity index (χ0) is 14.5. The van der Waals surface area contributed by atoms with Crippen molar-refractivity contribution in [3.8, 4) is 0 Å². The third-order valence-electron chi connectivity index (χ3n) is 4.27. The summed E-state index contributed by atoms with van der Waals surface area (Å²) in [5.74, 6) is 0.203. The quantitative estimate of drug-likeness (QED) is 0.915. The Balaban J connectivity index is 1.91. The normalized spacial score (nSPS) is 18.1. The van der Waals surface area contributed by atoms with Crippen LogP contribution in [0.3, 0.4) is 0 Å². The second-order valence-electron chi connectivity index (χ2n) is 5.82. The van der Waals surface area contributed by atoms with Crippen LogP contribution in [0, 0.1) is 6.92 Å². The molecule has 1 atom stereocenters. The third kappa shape index (κ3) is 3.83. The Morgan fingerprint density at radius 1 is 1.30 bits per heavy atom. The molecule has 1 aliphatic rings. The van der Waals surface area contributed by atoms with Gasteiger partial charge in [-0.1, -0.05) is 36.8 Å². The van der Waals surface area contributed by atoms with Gasteiger partial charge in [-0.05, 0) is 31.7 Å². The number of carbonyl (C=O) groups is 1. The molecule has 3 nitrogen and oxygen atoms in total. The number of amides is 1. The molecule has 20 heavy (non-hydrogen) atoms. The number of benzene rings is 1. The molecule has 0 radical (unpaired) electrons. The Kier molecular flexibility index (Phi) is 5.18. The zero-order valence-electron chi connectivity index (χ0n) is 12.9. The fourth-order valence-corrected chi connectivity index (χ4v) is 2.89. The molecule has 1 N–H and O–H groups in total. The van der Waals surface area contributed by atoms with Crippen LogP contribution in [0.25, 0.3) is 0 Å². The lowest BCUT2D eigenvalue weighted by Crippen LogP contribution is -2.45. The van der Waals surface area contributed by atoms with Gasteiger partial charge >= 0.3 is 0 Å². The molecule has 1 amide bonds. The number of rotatable bonds is 4. The number of aryl methyl sites for hydroxylation is 1. The van der Waals surface area contributed by atoms with E-state index >= 15 is 0 Å². The van der Waals surface area contributed by atoms with Gasteiger partial charge in [0.25, 0.3) is 0 Å². The van der Waals surface area contributed by atoms with Crippen molar-refractivity contribution in [2.45, 2.75) is 52.1 Å². The van der Waals surface area contributed by atoms with Gasteiger partial charge in [0.05, 0.1) is 0 Å². The van der Waals surface area contributed by atoms with Crippen molar-refractivity contribution in [1.82, 2.24) is 10.2 Å². The minimum atomic E-state index is 0.203. The zero-order valence-corrected chi connectivity index (χ0v) is 12.9. The SMILES string of the molecule is CCC(NC1CCN(C(C)=O)CC1)c1ccc(C)cc1. The molecule has 1 heterocycles. The van der Waals surface area contributed by atoms with Gasteiger partial charge in [0.2, 0.25) is 5.91 Å². The first-order valence-electron chi connectivity index (χ1n) is 7.68. The van der Waals surface area contributed by atoms with E-state index in [2.05, 4.69) is 43.4 Å². The van der Waals surface area contributed by atoms with Gasteiger partial charge in [0.1, 0.15) is 0 Å². The first-order valence-corrected chi connectivity index (χ1v) is 7.68. The Morgan fingerprint density at radius 3 is 2.40 bits per heavy atom. The molecule has 1 saturated heterocycles. The number of hydrogen-bond donors (Lipinski definition) is 1. The highest BCUT2D eigenvalue weighted by atomic mass is 16.2. The van der Waals surface area contributed by atoms with E-state index in [1.807, 2.05) is 4.90 Å². The van der Waals surface area contributed by atoms with E-state index in [0.29, 0.717) is 12.1 Å². The first-order chi connectivity index (χ1) is 9.60. The van der Waals surface area contributed by atoms with E-state index in [0.717, 1.165) is 32.4 Å². The number of nitrogens with one attached hydrogen (secondary N) is 1. The summed E-state index contributed by atoms with van der Waals surface area (Å²) in [5, 5.41) is 3.76. The van der Waals surface area contributed by atoms with Crippen LogP contribution in [0.1, 0.15) is 50.3 Å². The van der Waals surface area contributed by atoms with Gasteiger partial charge in [-0.15, -0.1) is 0 Å². The Hall–Kier alpha value is -1.35. The fraction of sp³-hybridized carbons (Fsp3) is 0.588. The van der Waals surface area contributed by atoms with Gasteiger partial charge in [-0.25, -0.2) is 0 Å². The molecule has 0 aliphatic carbocycles. The van der Waals surface area contributed by atoms with Crippen molar-refractivity contribution in [3.63, 3.8) is 0 Å². The number of carbonyl (C=O) groups excluding carboxylic acids is 1. The van der Waals surface area contributed by atoms with Crippen molar-refractivity contribution in [2.24, 2.45) is 0 Å². The molecule has 3 heteroatoms. The van der Waals surface area contributed by atoms with Crippen molar-refractivity contribution < 1.29 is 4.79 Å². The maximum atomic E-state index is 11.3. The monoisotopic (exact) mass is 274 g/mol.